The molecule has 0 saturated carbocycles. The third kappa shape index (κ3) is 3.58. The number of aliphatic hydroxyl groups is 1. The Morgan fingerprint density at radius 3 is 2.93 bits per heavy atom. The molecule has 15 heavy (non-hydrogen) atoms. The van der Waals surface area contributed by atoms with Crippen molar-refractivity contribution in [3.8, 4) is 18.1 Å². The van der Waals surface area contributed by atoms with E-state index in [-0.39, 0.29) is 0 Å². The Morgan fingerprint density at radius 2 is 2.33 bits per heavy atom. The van der Waals surface area contributed by atoms with Crippen molar-refractivity contribution in [1.82, 2.24) is 0 Å². The topological polar surface area (TPSA) is 29.5 Å². The van der Waals surface area contributed by atoms with Gasteiger partial charge >= 0.3 is 0 Å². The smallest absolute Gasteiger partial charge is 0.125 e. The molecular weight excluding hydrogens is 256 g/mol. The van der Waals surface area contributed by atoms with Crippen molar-refractivity contribution >= 4 is 15.9 Å². The Bertz CT molecular complexity index is 366. The molecule has 0 amide bonds. The lowest BCUT2D eigenvalue weighted by molar-refractivity contribution is 0.191. The Hall–Kier alpha value is -0.980. The van der Waals surface area contributed by atoms with E-state index in [2.05, 4.69) is 21.9 Å². The maximum Gasteiger partial charge on any atom is 0.125 e. The minimum Gasteiger partial charge on any atom is -0.492 e. The molecule has 1 rings (SSSR count). The highest BCUT2D eigenvalue weighted by Gasteiger charge is 2.09. The lowest BCUT2D eigenvalue weighted by atomic mass is 10.1. The van der Waals surface area contributed by atoms with Crippen molar-refractivity contribution < 1.29 is 9.84 Å². The minimum atomic E-state index is -0.552. The van der Waals surface area contributed by atoms with Crippen LogP contribution in [0.2, 0.25) is 0 Å². The van der Waals surface area contributed by atoms with Gasteiger partial charge in [-0.15, -0.1) is 12.3 Å². The van der Waals surface area contributed by atoms with Gasteiger partial charge in [0.2, 0.25) is 0 Å². The van der Waals surface area contributed by atoms with Gasteiger partial charge in [-0.25, -0.2) is 0 Å². The lowest BCUT2D eigenvalue weighted by Gasteiger charge is -2.13. The van der Waals surface area contributed by atoms with E-state index in [4.69, 9.17) is 11.2 Å². The molecule has 0 bridgehead atoms. The largest absolute Gasteiger partial charge is 0.492 e. The summed E-state index contributed by atoms with van der Waals surface area (Å²) in [6, 6.07) is 5.54. The lowest BCUT2D eigenvalue weighted by Crippen LogP contribution is -2.01. The Morgan fingerprint density at radius 1 is 1.60 bits per heavy atom. The number of halogens is 1. The summed E-state index contributed by atoms with van der Waals surface area (Å²) in [5.74, 6) is 3.19. The van der Waals surface area contributed by atoms with Crippen LogP contribution in [0, 0.1) is 12.3 Å². The highest BCUT2D eigenvalue weighted by atomic mass is 79.9. The van der Waals surface area contributed by atoms with Gasteiger partial charge in [0, 0.05) is 16.5 Å². The molecule has 0 heterocycles. The highest BCUT2D eigenvalue weighted by molar-refractivity contribution is 9.10. The summed E-state index contributed by atoms with van der Waals surface area (Å²) in [6.07, 6.45) is 5.14. The normalized spacial score (nSPS) is 11.9. The number of aliphatic hydroxyl groups excluding tert-OH is 1. The van der Waals surface area contributed by atoms with E-state index in [0.717, 1.165) is 10.0 Å². The van der Waals surface area contributed by atoms with Crippen molar-refractivity contribution in [2.45, 2.75) is 19.4 Å². The fraction of sp³-hybridized carbons (Fsp3) is 0.333. The average Bonchev–Trinajstić information content (AvgIpc) is 2.20. The second kappa shape index (κ2) is 5.79. The zero-order valence-corrected chi connectivity index (χ0v) is 10.1. The first-order chi connectivity index (χ1) is 7.15. The molecule has 1 N–H and O–H groups in total. The summed E-state index contributed by atoms with van der Waals surface area (Å²) in [5, 5.41) is 9.54. The zero-order chi connectivity index (χ0) is 11.3. The van der Waals surface area contributed by atoms with E-state index >= 15 is 0 Å². The van der Waals surface area contributed by atoms with Crippen LogP contribution in [-0.2, 0) is 0 Å². The van der Waals surface area contributed by atoms with E-state index in [1.165, 1.54) is 0 Å². The second-order valence-electron chi connectivity index (χ2n) is 3.16. The molecule has 3 heteroatoms. The molecular formula is C12H13BrO2. The number of benzene rings is 1. The predicted molar refractivity (Wildman–Crippen MR) is 63.7 cm³/mol. The van der Waals surface area contributed by atoms with E-state index in [1.807, 2.05) is 18.2 Å². The zero-order valence-electron chi connectivity index (χ0n) is 8.53. The molecule has 80 valence electrons. The molecule has 1 atom stereocenters. The maximum absolute atomic E-state index is 9.54. The number of hydrogen-bond donors (Lipinski definition) is 1. The molecule has 0 fully saturated rings. The summed E-state index contributed by atoms with van der Waals surface area (Å²) in [4.78, 5) is 0. The van der Waals surface area contributed by atoms with E-state index in [9.17, 15) is 5.11 Å². The molecule has 0 aliphatic rings. The molecule has 2 nitrogen and oxygen atoms in total. The van der Waals surface area contributed by atoms with Crippen LogP contribution < -0.4 is 4.74 Å². The summed E-state index contributed by atoms with van der Waals surface area (Å²) in [5.41, 5.74) is 0.765. The molecule has 0 aliphatic carbocycles. The SMILES string of the molecule is C#CCCOc1ccc(Br)cc1[C@H](C)O. The summed E-state index contributed by atoms with van der Waals surface area (Å²) in [6.45, 7) is 2.17. The predicted octanol–water partition coefficient (Wildman–Crippen LogP) is 2.90. The van der Waals surface area contributed by atoms with Crippen molar-refractivity contribution in [2.75, 3.05) is 6.61 Å². The average molecular weight is 269 g/mol. The summed E-state index contributed by atoms with van der Waals surface area (Å²) >= 11 is 3.35. The van der Waals surface area contributed by atoms with Gasteiger partial charge in [-0.3, -0.25) is 0 Å². The van der Waals surface area contributed by atoms with Crippen molar-refractivity contribution in [2.24, 2.45) is 0 Å². The van der Waals surface area contributed by atoms with Crippen molar-refractivity contribution in [1.29, 1.82) is 0 Å². The molecule has 0 aromatic heterocycles. The Kier molecular flexibility index (Phi) is 4.67. The van der Waals surface area contributed by atoms with Crippen LogP contribution in [0.4, 0.5) is 0 Å². The fourth-order valence-corrected chi connectivity index (χ4v) is 1.58. The third-order valence-electron chi connectivity index (χ3n) is 1.93. The van der Waals surface area contributed by atoms with Gasteiger partial charge in [0.05, 0.1) is 12.7 Å². The molecule has 0 saturated heterocycles. The van der Waals surface area contributed by atoms with Crippen molar-refractivity contribution in [3.63, 3.8) is 0 Å². The first-order valence-electron chi connectivity index (χ1n) is 4.69. The van der Waals surface area contributed by atoms with Crippen LogP contribution in [-0.4, -0.2) is 11.7 Å². The molecule has 1 aromatic rings. The van der Waals surface area contributed by atoms with Gasteiger partial charge in [0.15, 0.2) is 0 Å². The van der Waals surface area contributed by atoms with Crippen LogP contribution in [0.5, 0.6) is 5.75 Å². The van der Waals surface area contributed by atoms with Gasteiger partial charge in [-0.05, 0) is 25.1 Å². The van der Waals surface area contributed by atoms with Gasteiger partial charge in [0.1, 0.15) is 5.75 Å². The Balaban J connectivity index is 2.82. The van der Waals surface area contributed by atoms with Crippen LogP contribution in [0.25, 0.3) is 0 Å². The summed E-state index contributed by atoms with van der Waals surface area (Å²) in [7, 11) is 0. The molecule has 1 aromatic carbocycles. The van der Waals surface area contributed by atoms with Crippen LogP contribution in [0.3, 0.4) is 0 Å². The highest BCUT2D eigenvalue weighted by Crippen LogP contribution is 2.28. The van der Waals surface area contributed by atoms with E-state index in [0.29, 0.717) is 18.8 Å². The monoisotopic (exact) mass is 268 g/mol. The number of hydrogen-bond acceptors (Lipinski definition) is 2. The van der Waals surface area contributed by atoms with E-state index < -0.39 is 6.10 Å². The van der Waals surface area contributed by atoms with Gasteiger partial charge in [-0.2, -0.15) is 0 Å². The second-order valence-corrected chi connectivity index (χ2v) is 4.08. The Labute approximate surface area is 98.4 Å². The number of terminal acetylenes is 1. The first-order valence-corrected chi connectivity index (χ1v) is 5.48. The molecule has 0 unspecified atom stereocenters. The maximum atomic E-state index is 9.54. The number of ether oxygens (including phenoxy) is 1. The molecule has 0 aliphatic heterocycles. The van der Waals surface area contributed by atoms with Gasteiger partial charge in [0.25, 0.3) is 0 Å². The first kappa shape index (κ1) is 12.1. The summed E-state index contributed by atoms with van der Waals surface area (Å²) < 4.78 is 6.39. The van der Waals surface area contributed by atoms with Gasteiger partial charge in [-0.1, -0.05) is 15.9 Å². The third-order valence-corrected chi connectivity index (χ3v) is 2.42. The van der Waals surface area contributed by atoms with Crippen LogP contribution in [0.15, 0.2) is 22.7 Å². The number of rotatable bonds is 4. The quantitative estimate of drug-likeness (QED) is 0.672. The van der Waals surface area contributed by atoms with Gasteiger partial charge < -0.3 is 9.84 Å². The van der Waals surface area contributed by atoms with E-state index in [1.54, 1.807) is 6.92 Å². The minimum absolute atomic E-state index is 0.470. The van der Waals surface area contributed by atoms with Crippen molar-refractivity contribution in [3.05, 3.63) is 28.2 Å². The standard InChI is InChI=1S/C12H13BrO2/c1-3-4-7-15-12-6-5-10(13)8-11(12)9(2)14/h1,5-6,8-9,14H,4,7H2,2H3/t9-/m0/s1. The van der Waals surface area contributed by atoms with Crippen LogP contribution in [0.1, 0.15) is 25.0 Å². The fourth-order valence-electron chi connectivity index (χ4n) is 1.20. The molecule has 0 spiro atoms. The molecule has 0 radical (unpaired) electrons. The van der Waals surface area contributed by atoms with Crippen LogP contribution >= 0.6 is 15.9 Å².